The van der Waals surface area contributed by atoms with Crippen LogP contribution in [0.2, 0.25) is 0 Å². The third-order valence-electron chi connectivity index (χ3n) is 3.33. The number of hydrogen-bond donors (Lipinski definition) is 2. The van der Waals surface area contributed by atoms with Gasteiger partial charge in [-0.3, -0.25) is 9.59 Å². The molecule has 0 spiro atoms. The highest BCUT2D eigenvalue weighted by atomic mass is 19.1. The Kier molecular flexibility index (Phi) is 4.14. The molecule has 4 nitrogen and oxygen atoms in total. The third kappa shape index (κ3) is 3.53. The van der Waals surface area contributed by atoms with E-state index in [1.807, 2.05) is 0 Å². The second-order valence-corrected chi connectivity index (χ2v) is 4.87. The lowest BCUT2D eigenvalue weighted by atomic mass is 10.2. The molecule has 102 valence electrons. The molecule has 1 saturated carbocycles. The van der Waals surface area contributed by atoms with Crippen LogP contribution >= 0.6 is 0 Å². The number of nitrogens with one attached hydrogen (secondary N) is 2. The van der Waals surface area contributed by atoms with E-state index in [1.165, 1.54) is 18.2 Å². The molecule has 5 heteroatoms. The summed E-state index contributed by atoms with van der Waals surface area (Å²) in [4.78, 5) is 23.4. The molecule has 0 aromatic heterocycles. The molecule has 0 atom stereocenters. The number of benzene rings is 1. The van der Waals surface area contributed by atoms with Gasteiger partial charge in [-0.25, -0.2) is 4.39 Å². The van der Waals surface area contributed by atoms with Crippen LogP contribution in [0.15, 0.2) is 18.2 Å². The lowest BCUT2D eigenvalue weighted by Crippen LogP contribution is -2.40. The standard InChI is InChI=1S/C14H17FN2O2/c1-9-8-10(15)6-7-12(9)17-14(19)13(18)16-11-4-2-3-5-11/h6-8,11H,2-5H2,1H3,(H,16,18)(H,17,19). The minimum absolute atomic E-state index is 0.104. The summed E-state index contributed by atoms with van der Waals surface area (Å²) in [5.41, 5.74) is 1.04. The molecule has 1 aliphatic carbocycles. The summed E-state index contributed by atoms with van der Waals surface area (Å²) in [5.74, 6) is -1.71. The average Bonchev–Trinajstić information content (AvgIpc) is 2.85. The predicted octanol–water partition coefficient (Wildman–Crippen LogP) is 2.13. The van der Waals surface area contributed by atoms with Crippen molar-refractivity contribution in [1.29, 1.82) is 0 Å². The average molecular weight is 264 g/mol. The normalized spacial score (nSPS) is 15.3. The zero-order chi connectivity index (χ0) is 13.8. The first kappa shape index (κ1) is 13.5. The van der Waals surface area contributed by atoms with E-state index in [9.17, 15) is 14.0 Å². The first-order chi connectivity index (χ1) is 9.06. The van der Waals surface area contributed by atoms with Gasteiger partial charge in [0.25, 0.3) is 0 Å². The maximum atomic E-state index is 12.9. The number of rotatable bonds is 2. The highest BCUT2D eigenvalue weighted by Gasteiger charge is 2.21. The van der Waals surface area contributed by atoms with Crippen LogP contribution in [0.4, 0.5) is 10.1 Å². The van der Waals surface area contributed by atoms with Gasteiger partial charge >= 0.3 is 11.8 Å². The van der Waals surface area contributed by atoms with Crippen LogP contribution in [0.5, 0.6) is 0 Å². The second-order valence-electron chi connectivity index (χ2n) is 4.87. The largest absolute Gasteiger partial charge is 0.345 e. The van der Waals surface area contributed by atoms with Crippen molar-refractivity contribution in [2.45, 2.75) is 38.6 Å². The van der Waals surface area contributed by atoms with E-state index in [0.29, 0.717) is 11.3 Å². The van der Waals surface area contributed by atoms with E-state index in [4.69, 9.17) is 0 Å². The lowest BCUT2D eigenvalue weighted by molar-refractivity contribution is -0.136. The molecule has 1 fully saturated rings. The molecular weight excluding hydrogens is 247 g/mol. The van der Waals surface area contributed by atoms with Crippen LogP contribution in [0.1, 0.15) is 31.2 Å². The molecule has 0 saturated heterocycles. The first-order valence-corrected chi connectivity index (χ1v) is 6.44. The van der Waals surface area contributed by atoms with Crippen LogP contribution in [0.25, 0.3) is 0 Å². The Morgan fingerprint density at radius 2 is 1.89 bits per heavy atom. The Morgan fingerprint density at radius 3 is 2.53 bits per heavy atom. The summed E-state index contributed by atoms with van der Waals surface area (Å²) in [6.45, 7) is 1.67. The molecule has 2 amide bonds. The van der Waals surface area contributed by atoms with E-state index in [1.54, 1.807) is 6.92 Å². The fourth-order valence-corrected chi connectivity index (χ4v) is 2.27. The van der Waals surface area contributed by atoms with Gasteiger partial charge in [-0.2, -0.15) is 0 Å². The van der Waals surface area contributed by atoms with E-state index < -0.39 is 11.8 Å². The number of amides is 2. The molecule has 0 aliphatic heterocycles. The van der Waals surface area contributed by atoms with Crippen LogP contribution in [-0.4, -0.2) is 17.9 Å². The van der Waals surface area contributed by atoms with Gasteiger partial charge in [0.1, 0.15) is 5.82 Å². The number of hydrogen-bond acceptors (Lipinski definition) is 2. The van der Waals surface area contributed by atoms with E-state index >= 15 is 0 Å². The summed E-state index contributed by atoms with van der Waals surface area (Å²) in [5, 5.41) is 5.20. The molecule has 2 N–H and O–H groups in total. The zero-order valence-corrected chi connectivity index (χ0v) is 10.8. The van der Waals surface area contributed by atoms with E-state index in [0.717, 1.165) is 25.7 Å². The van der Waals surface area contributed by atoms with Crippen LogP contribution in [-0.2, 0) is 9.59 Å². The Bertz CT molecular complexity index is 496. The molecule has 1 aliphatic rings. The fourth-order valence-electron chi connectivity index (χ4n) is 2.27. The van der Waals surface area contributed by atoms with Crippen molar-refractivity contribution >= 4 is 17.5 Å². The molecule has 1 aromatic carbocycles. The Morgan fingerprint density at radius 1 is 1.21 bits per heavy atom. The highest BCUT2D eigenvalue weighted by molar-refractivity contribution is 6.39. The van der Waals surface area contributed by atoms with Crippen molar-refractivity contribution in [3.8, 4) is 0 Å². The second kappa shape index (κ2) is 5.82. The number of carbonyl (C=O) groups is 2. The third-order valence-corrected chi connectivity index (χ3v) is 3.33. The van der Waals surface area contributed by atoms with Crippen molar-refractivity contribution in [2.75, 3.05) is 5.32 Å². The number of carbonyl (C=O) groups excluding carboxylic acids is 2. The van der Waals surface area contributed by atoms with Gasteiger partial charge in [0.15, 0.2) is 0 Å². The van der Waals surface area contributed by atoms with Gasteiger partial charge < -0.3 is 10.6 Å². The summed E-state index contributed by atoms with van der Waals surface area (Å²) in [7, 11) is 0. The van der Waals surface area contributed by atoms with Gasteiger partial charge in [0, 0.05) is 11.7 Å². The molecule has 1 aromatic rings. The van der Waals surface area contributed by atoms with Crippen molar-refractivity contribution in [1.82, 2.24) is 5.32 Å². The highest BCUT2D eigenvalue weighted by Crippen LogP contribution is 2.18. The minimum atomic E-state index is -0.707. The quantitative estimate of drug-likeness (QED) is 0.804. The first-order valence-electron chi connectivity index (χ1n) is 6.44. The molecule has 19 heavy (non-hydrogen) atoms. The van der Waals surface area contributed by atoms with Gasteiger partial charge in [0.05, 0.1) is 0 Å². The molecule has 2 rings (SSSR count). The summed E-state index contributed by atoms with van der Waals surface area (Å²) < 4.78 is 12.9. The predicted molar refractivity (Wildman–Crippen MR) is 70.2 cm³/mol. The van der Waals surface area contributed by atoms with Gasteiger partial charge in [-0.1, -0.05) is 12.8 Å². The van der Waals surface area contributed by atoms with Gasteiger partial charge in [0.2, 0.25) is 0 Å². The lowest BCUT2D eigenvalue weighted by Gasteiger charge is -2.12. The molecule has 0 unspecified atom stereocenters. The summed E-state index contributed by atoms with van der Waals surface area (Å²) >= 11 is 0. The van der Waals surface area contributed by atoms with Crippen molar-refractivity contribution in [2.24, 2.45) is 0 Å². The maximum Gasteiger partial charge on any atom is 0.313 e. The SMILES string of the molecule is Cc1cc(F)ccc1NC(=O)C(=O)NC1CCCC1. The van der Waals surface area contributed by atoms with Crippen LogP contribution in [0.3, 0.4) is 0 Å². The number of halogens is 1. The van der Waals surface area contributed by atoms with Crippen molar-refractivity contribution in [3.05, 3.63) is 29.6 Å². The summed E-state index contributed by atoms with van der Waals surface area (Å²) in [6.07, 6.45) is 4.02. The van der Waals surface area contributed by atoms with Crippen LogP contribution in [0, 0.1) is 12.7 Å². The molecule has 0 heterocycles. The van der Waals surface area contributed by atoms with E-state index in [-0.39, 0.29) is 11.9 Å². The molecule has 0 bridgehead atoms. The van der Waals surface area contributed by atoms with Crippen molar-refractivity contribution < 1.29 is 14.0 Å². The monoisotopic (exact) mass is 264 g/mol. The van der Waals surface area contributed by atoms with E-state index in [2.05, 4.69) is 10.6 Å². The number of anilines is 1. The van der Waals surface area contributed by atoms with Gasteiger partial charge in [-0.05, 0) is 43.5 Å². The van der Waals surface area contributed by atoms with Gasteiger partial charge in [-0.15, -0.1) is 0 Å². The minimum Gasteiger partial charge on any atom is -0.345 e. The maximum absolute atomic E-state index is 12.9. The summed E-state index contributed by atoms with van der Waals surface area (Å²) in [6, 6.07) is 4.11. The smallest absolute Gasteiger partial charge is 0.313 e. The van der Waals surface area contributed by atoms with Crippen molar-refractivity contribution in [3.63, 3.8) is 0 Å². The Hall–Kier alpha value is -1.91. The molecule has 0 radical (unpaired) electrons. The Balaban J connectivity index is 1.94. The number of aryl methyl sites for hydroxylation is 1. The Labute approximate surface area is 111 Å². The van der Waals surface area contributed by atoms with Crippen LogP contribution < -0.4 is 10.6 Å². The molecular formula is C14H17FN2O2. The zero-order valence-electron chi connectivity index (χ0n) is 10.8. The fraction of sp³-hybridized carbons (Fsp3) is 0.429. The topological polar surface area (TPSA) is 58.2 Å².